The lowest BCUT2D eigenvalue weighted by atomic mass is 10.1. The first-order valence-corrected chi connectivity index (χ1v) is 3.55. The molecule has 3 nitrogen and oxygen atoms in total. The monoisotopic (exact) mass is 168 g/mol. The molecule has 1 heterocycles. The Bertz CT molecular complexity index is 300. The summed E-state index contributed by atoms with van der Waals surface area (Å²) in [5.74, 6) is 0.0908. The van der Waals surface area contributed by atoms with Gasteiger partial charge in [0.05, 0.1) is 11.3 Å². The summed E-state index contributed by atoms with van der Waals surface area (Å²) in [5, 5.41) is 4.13. The predicted octanol–water partition coefficient (Wildman–Crippen LogP) is 1.88. The molecule has 0 aliphatic rings. The van der Waals surface area contributed by atoms with Gasteiger partial charge in [-0.3, -0.25) is 9.48 Å². The second-order valence-electron chi connectivity index (χ2n) is 2.73. The van der Waals surface area contributed by atoms with Gasteiger partial charge in [0.15, 0.2) is 5.78 Å². The van der Waals surface area contributed by atoms with Crippen molar-refractivity contribution in [3.63, 3.8) is 0 Å². The summed E-state index contributed by atoms with van der Waals surface area (Å²) in [5.41, 5.74) is 2.51. The van der Waals surface area contributed by atoms with Gasteiger partial charge in [0.1, 0.15) is 0 Å². The quantitative estimate of drug-likeness (QED) is 0.600. The number of Topliss-reactive ketones (excluding diaryl/α,β-unsaturated/α-hetero) is 1. The van der Waals surface area contributed by atoms with Gasteiger partial charge in [-0.15, -0.1) is 0 Å². The van der Waals surface area contributed by atoms with Gasteiger partial charge in [-0.1, -0.05) is 7.43 Å². The number of nitrogens with zero attached hydrogens (tertiary/aromatic N) is 2. The van der Waals surface area contributed by atoms with Crippen molar-refractivity contribution in [3.8, 4) is 0 Å². The van der Waals surface area contributed by atoms with Crippen molar-refractivity contribution < 1.29 is 4.79 Å². The molecule has 0 saturated heterocycles. The second kappa shape index (κ2) is 3.52. The molecule has 12 heavy (non-hydrogen) atoms. The molecule has 0 saturated carbocycles. The van der Waals surface area contributed by atoms with Crippen LogP contribution in [-0.2, 0) is 7.05 Å². The summed E-state index contributed by atoms with van der Waals surface area (Å²) in [6.45, 7) is 5.32. The third kappa shape index (κ3) is 1.55. The van der Waals surface area contributed by atoms with Crippen LogP contribution in [0, 0.1) is 13.8 Å². The van der Waals surface area contributed by atoms with Crippen molar-refractivity contribution in [2.24, 2.45) is 7.05 Å². The number of rotatable bonds is 1. The Balaban J connectivity index is 0.00000121. The third-order valence-corrected chi connectivity index (χ3v) is 1.86. The highest BCUT2D eigenvalue weighted by Gasteiger charge is 2.12. The standard InChI is InChI=1S/C8H12N2O.CH4/c1-5-8(7(3)11)6(2)10(4)9-5;/h1-4H3;1H4. The summed E-state index contributed by atoms with van der Waals surface area (Å²) >= 11 is 0. The fraction of sp³-hybridized carbons (Fsp3) is 0.556. The molecule has 0 N–H and O–H groups in total. The van der Waals surface area contributed by atoms with Crippen LogP contribution in [0.2, 0.25) is 0 Å². The molecule has 1 rings (SSSR count). The van der Waals surface area contributed by atoms with Crippen LogP contribution >= 0.6 is 0 Å². The molecule has 1 aromatic rings. The molecule has 0 unspecified atom stereocenters. The maximum absolute atomic E-state index is 11.0. The van der Waals surface area contributed by atoms with Crippen LogP contribution in [0.25, 0.3) is 0 Å². The summed E-state index contributed by atoms with van der Waals surface area (Å²) in [4.78, 5) is 11.0. The third-order valence-electron chi connectivity index (χ3n) is 1.86. The Morgan fingerprint density at radius 1 is 1.42 bits per heavy atom. The van der Waals surface area contributed by atoms with Crippen LogP contribution in [0.5, 0.6) is 0 Å². The fourth-order valence-corrected chi connectivity index (χ4v) is 1.28. The van der Waals surface area contributed by atoms with Crippen LogP contribution in [0.3, 0.4) is 0 Å². The van der Waals surface area contributed by atoms with Crippen molar-refractivity contribution in [1.82, 2.24) is 9.78 Å². The van der Waals surface area contributed by atoms with Crippen LogP contribution in [0.15, 0.2) is 0 Å². The van der Waals surface area contributed by atoms with Gasteiger partial charge < -0.3 is 0 Å². The highest BCUT2D eigenvalue weighted by Crippen LogP contribution is 2.11. The second-order valence-corrected chi connectivity index (χ2v) is 2.73. The van der Waals surface area contributed by atoms with E-state index in [1.54, 1.807) is 11.6 Å². The van der Waals surface area contributed by atoms with Crippen LogP contribution in [0.4, 0.5) is 0 Å². The van der Waals surface area contributed by atoms with E-state index in [1.807, 2.05) is 20.9 Å². The summed E-state index contributed by atoms with van der Waals surface area (Å²) in [6, 6.07) is 0. The van der Waals surface area contributed by atoms with E-state index in [2.05, 4.69) is 5.10 Å². The van der Waals surface area contributed by atoms with Gasteiger partial charge in [-0.25, -0.2) is 0 Å². The van der Waals surface area contributed by atoms with Crippen molar-refractivity contribution in [2.75, 3.05) is 0 Å². The minimum absolute atomic E-state index is 0. The molecule has 0 fully saturated rings. The lowest BCUT2D eigenvalue weighted by molar-refractivity contribution is 0.101. The number of aromatic nitrogens is 2. The zero-order valence-electron chi connectivity index (χ0n) is 7.30. The Kier molecular flexibility index (Phi) is 3.19. The number of hydrogen-bond donors (Lipinski definition) is 0. The van der Waals surface area contributed by atoms with E-state index in [4.69, 9.17) is 0 Å². The number of ketones is 1. The summed E-state index contributed by atoms with van der Waals surface area (Å²) in [7, 11) is 1.84. The summed E-state index contributed by atoms with van der Waals surface area (Å²) in [6.07, 6.45) is 0. The lowest BCUT2D eigenvalue weighted by Gasteiger charge is -1.94. The highest BCUT2D eigenvalue weighted by molar-refractivity contribution is 5.96. The Morgan fingerprint density at radius 2 is 1.92 bits per heavy atom. The van der Waals surface area contributed by atoms with Crippen LogP contribution in [-0.4, -0.2) is 15.6 Å². The maximum Gasteiger partial charge on any atom is 0.163 e. The maximum atomic E-state index is 11.0. The Labute approximate surface area is 73.4 Å². The minimum atomic E-state index is 0. The molecule has 0 aliphatic heterocycles. The van der Waals surface area contributed by atoms with Gasteiger partial charge in [0, 0.05) is 12.7 Å². The molecular weight excluding hydrogens is 152 g/mol. The topological polar surface area (TPSA) is 34.9 Å². The van der Waals surface area contributed by atoms with E-state index in [9.17, 15) is 4.79 Å². The highest BCUT2D eigenvalue weighted by atomic mass is 16.1. The molecule has 0 aromatic carbocycles. The molecule has 0 aliphatic carbocycles. The van der Waals surface area contributed by atoms with Crippen molar-refractivity contribution in [1.29, 1.82) is 0 Å². The van der Waals surface area contributed by atoms with Crippen molar-refractivity contribution in [2.45, 2.75) is 28.2 Å². The molecule has 0 spiro atoms. The predicted molar refractivity (Wildman–Crippen MR) is 49.4 cm³/mol. The van der Waals surface area contributed by atoms with Crippen LogP contribution in [0.1, 0.15) is 36.1 Å². The van der Waals surface area contributed by atoms with Gasteiger partial charge in [0.25, 0.3) is 0 Å². The number of carbonyl (C=O) groups is 1. The van der Waals surface area contributed by atoms with Crippen molar-refractivity contribution in [3.05, 3.63) is 17.0 Å². The molecule has 1 aromatic heterocycles. The molecule has 3 heteroatoms. The Hall–Kier alpha value is -1.12. The normalized spacial score (nSPS) is 9.33. The first-order chi connectivity index (χ1) is 5.04. The summed E-state index contributed by atoms with van der Waals surface area (Å²) < 4.78 is 1.73. The first kappa shape index (κ1) is 10.9. The minimum Gasteiger partial charge on any atom is -0.294 e. The van der Waals surface area contributed by atoms with E-state index in [1.165, 1.54) is 0 Å². The Morgan fingerprint density at radius 3 is 2.08 bits per heavy atom. The van der Waals surface area contributed by atoms with E-state index < -0.39 is 0 Å². The zero-order chi connectivity index (χ0) is 8.59. The molecule has 0 bridgehead atoms. The molecule has 68 valence electrons. The lowest BCUT2D eigenvalue weighted by Crippen LogP contribution is -1.97. The van der Waals surface area contributed by atoms with Gasteiger partial charge in [0.2, 0.25) is 0 Å². The van der Waals surface area contributed by atoms with E-state index in [-0.39, 0.29) is 13.2 Å². The SMILES string of the molecule is C.CC(=O)c1c(C)nn(C)c1C. The van der Waals surface area contributed by atoms with E-state index >= 15 is 0 Å². The molecule has 0 amide bonds. The molecular formula is C9H16N2O. The van der Waals surface area contributed by atoms with Crippen LogP contribution < -0.4 is 0 Å². The largest absolute Gasteiger partial charge is 0.294 e. The number of aryl methyl sites for hydroxylation is 2. The smallest absolute Gasteiger partial charge is 0.163 e. The average Bonchev–Trinajstić information content (AvgIpc) is 2.07. The van der Waals surface area contributed by atoms with Gasteiger partial charge in [-0.05, 0) is 20.8 Å². The molecule has 0 radical (unpaired) electrons. The van der Waals surface area contributed by atoms with Gasteiger partial charge in [-0.2, -0.15) is 5.10 Å². The fourth-order valence-electron chi connectivity index (χ4n) is 1.28. The van der Waals surface area contributed by atoms with E-state index in [0.717, 1.165) is 17.0 Å². The van der Waals surface area contributed by atoms with Crippen molar-refractivity contribution >= 4 is 5.78 Å². The first-order valence-electron chi connectivity index (χ1n) is 3.55. The average molecular weight is 168 g/mol. The number of carbonyl (C=O) groups excluding carboxylic acids is 1. The number of hydrogen-bond acceptors (Lipinski definition) is 2. The zero-order valence-corrected chi connectivity index (χ0v) is 7.30. The van der Waals surface area contributed by atoms with Gasteiger partial charge >= 0.3 is 0 Å². The molecule has 0 atom stereocenters. The van der Waals surface area contributed by atoms with E-state index in [0.29, 0.717) is 0 Å².